The highest BCUT2D eigenvalue weighted by Crippen LogP contribution is 2.24. The van der Waals surface area contributed by atoms with Crippen LogP contribution in [-0.4, -0.2) is 42.0 Å². The molecule has 0 aromatic carbocycles. The molecule has 7 heteroatoms. The summed E-state index contributed by atoms with van der Waals surface area (Å²) in [4.78, 5) is 18.1. The molecule has 1 aliphatic carbocycles. The van der Waals surface area contributed by atoms with Gasteiger partial charge in [0.2, 0.25) is 0 Å². The van der Waals surface area contributed by atoms with E-state index >= 15 is 0 Å². The van der Waals surface area contributed by atoms with Crippen LogP contribution in [0.15, 0.2) is 12.1 Å². The number of halogens is 1. The highest BCUT2D eigenvalue weighted by atomic mass is 35.5. The van der Waals surface area contributed by atoms with Crippen molar-refractivity contribution in [1.82, 2.24) is 15.2 Å². The second-order valence-electron chi connectivity index (χ2n) is 4.68. The number of hydrogen-bond donors (Lipinski definition) is 3. The molecule has 1 saturated carbocycles. The summed E-state index contributed by atoms with van der Waals surface area (Å²) in [7, 11) is 2.07. The number of rotatable bonds is 6. The van der Waals surface area contributed by atoms with Crippen molar-refractivity contribution in [2.24, 2.45) is 5.84 Å². The predicted octanol–water partition coefficient (Wildman–Crippen LogP) is 0.845. The zero-order chi connectivity index (χ0) is 13.8. The zero-order valence-corrected chi connectivity index (χ0v) is 11.6. The number of hydrogen-bond acceptors (Lipinski definition) is 5. The predicted molar refractivity (Wildman–Crippen MR) is 75.0 cm³/mol. The van der Waals surface area contributed by atoms with Crippen molar-refractivity contribution in [3.8, 4) is 0 Å². The van der Waals surface area contributed by atoms with E-state index in [0.29, 0.717) is 24.0 Å². The Morgan fingerprint density at radius 1 is 1.58 bits per heavy atom. The molecular formula is C12H18ClN5O. The first-order chi connectivity index (χ1) is 9.10. The lowest BCUT2D eigenvalue weighted by molar-refractivity contribution is 0.0949. The van der Waals surface area contributed by atoms with Gasteiger partial charge < -0.3 is 15.6 Å². The molecule has 1 fully saturated rings. The van der Waals surface area contributed by atoms with Crippen molar-refractivity contribution >= 4 is 23.3 Å². The summed E-state index contributed by atoms with van der Waals surface area (Å²) in [6, 6.07) is 3.77. The number of hydrazine groups is 1. The normalized spacial score (nSPS) is 14.5. The van der Waals surface area contributed by atoms with E-state index in [0.717, 1.165) is 6.54 Å². The van der Waals surface area contributed by atoms with Gasteiger partial charge in [-0.05, 0) is 32.0 Å². The van der Waals surface area contributed by atoms with Crippen molar-refractivity contribution in [3.05, 3.63) is 22.8 Å². The Morgan fingerprint density at radius 3 is 2.95 bits per heavy atom. The maximum atomic E-state index is 11.9. The van der Waals surface area contributed by atoms with Crippen molar-refractivity contribution < 1.29 is 4.79 Å². The summed E-state index contributed by atoms with van der Waals surface area (Å²) in [5, 5.41) is 3.09. The zero-order valence-electron chi connectivity index (χ0n) is 10.8. The molecule has 0 saturated heterocycles. The molecule has 0 bridgehead atoms. The third-order valence-electron chi connectivity index (χ3n) is 3.12. The molecule has 1 aromatic heterocycles. The lowest BCUT2D eigenvalue weighted by Gasteiger charge is -2.15. The maximum Gasteiger partial charge on any atom is 0.251 e. The van der Waals surface area contributed by atoms with Crippen molar-refractivity contribution in [1.29, 1.82) is 0 Å². The van der Waals surface area contributed by atoms with E-state index in [4.69, 9.17) is 17.4 Å². The molecule has 0 radical (unpaired) electrons. The average Bonchev–Trinajstić information content (AvgIpc) is 3.21. The molecule has 19 heavy (non-hydrogen) atoms. The van der Waals surface area contributed by atoms with Crippen LogP contribution in [-0.2, 0) is 0 Å². The topological polar surface area (TPSA) is 83.3 Å². The fourth-order valence-electron chi connectivity index (χ4n) is 1.85. The number of amides is 1. The second kappa shape index (κ2) is 6.18. The van der Waals surface area contributed by atoms with E-state index in [-0.39, 0.29) is 11.1 Å². The largest absolute Gasteiger partial charge is 0.351 e. The lowest BCUT2D eigenvalue weighted by atomic mass is 10.2. The lowest BCUT2D eigenvalue weighted by Crippen LogP contribution is -2.34. The van der Waals surface area contributed by atoms with Gasteiger partial charge >= 0.3 is 0 Å². The smallest absolute Gasteiger partial charge is 0.251 e. The number of nitrogens with one attached hydrogen (secondary N) is 2. The summed E-state index contributed by atoms with van der Waals surface area (Å²) in [6.45, 7) is 1.45. The molecule has 104 valence electrons. The quantitative estimate of drug-likeness (QED) is 0.409. The Morgan fingerprint density at radius 2 is 2.32 bits per heavy atom. The van der Waals surface area contributed by atoms with E-state index in [1.807, 2.05) is 0 Å². The molecule has 0 spiro atoms. The summed E-state index contributed by atoms with van der Waals surface area (Å²) in [5.74, 6) is 5.45. The van der Waals surface area contributed by atoms with Crippen LogP contribution in [0.25, 0.3) is 0 Å². The average molecular weight is 284 g/mol. The molecule has 1 amide bonds. The molecule has 2 rings (SSSR count). The molecule has 0 aliphatic heterocycles. The van der Waals surface area contributed by atoms with Gasteiger partial charge in [-0.3, -0.25) is 4.79 Å². The highest BCUT2D eigenvalue weighted by molar-refractivity contribution is 6.29. The summed E-state index contributed by atoms with van der Waals surface area (Å²) in [6.07, 6.45) is 2.52. The molecule has 1 aromatic rings. The van der Waals surface area contributed by atoms with Gasteiger partial charge in [0.15, 0.2) is 0 Å². The van der Waals surface area contributed by atoms with Crippen LogP contribution in [0.2, 0.25) is 5.15 Å². The SMILES string of the molecule is CN(CCNC(=O)c1cc(Cl)nc(NN)c1)C1CC1. The van der Waals surface area contributed by atoms with E-state index in [1.54, 1.807) is 6.07 Å². The minimum atomic E-state index is -0.176. The summed E-state index contributed by atoms with van der Waals surface area (Å²) in [5.41, 5.74) is 2.82. The summed E-state index contributed by atoms with van der Waals surface area (Å²) < 4.78 is 0. The van der Waals surface area contributed by atoms with Crippen molar-refractivity contribution in [3.63, 3.8) is 0 Å². The molecular weight excluding hydrogens is 266 g/mol. The van der Waals surface area contributed by atoms with Gasteiger partial charge in [0.05, 0.1) is 0 Å². The molecule has 0 atom stereocenters. The number of carbonyl (C=O) groups excluding carboxylic acids is 1. The van der Waals surface area contributed by atoms with Crippen molar-refractivity contribution in [2.75, 3.05) is 25.6 Å². The molecule has 0 unspecified atom stereocenters. The van der Waals surface area contributed by atoms with Gasteiger partial charge in [0, 0.05) is 24.7 Å². The minimum absolute atomic E-state index is 0.176. The molecule has 4 N–H and O–H groups in total. The number of carbonyl (C=O) groups is 1. The third-order valence-corrected chi connectivity index (χ3v) is 3.32. The van der Waals surface area contributed by atoms with E-state index in [9.17, 15) is 4.79 Å². The van der Waals surface area contributed by atoms with E-state index in [2.05, 4.69) is 27.7 Å². The van der Waals surface area contributed by atoms with Crippen molar-refractivity contribution in [2.45, 2.75) is 18.9 Å². The van der Waals surface area contributed by atoms with Gasteiger partial charge in [0.25, 0.3) is 5.91 Å². The monoisotopic (exact) mass is 283 g/mol. The van der Waals surface area contributed by atoms with Crippen LogP contribution in [0.3, 0.4) is 0 Å². The third kappa shape index (κ3) is 4.05. The number of nitrogen functional groups attached to an aromatic ring is 1. The highest BCUT2D eigenvalue weighted by Gasteiger charge is 2.25. The number of nitrogens with two attached hydrogens (primary N) is 1. The van der Waals surface area contributed by atoms with Crippen LogP contribution in [0.4, 0.5) is 5.82 Å². The first-order valence-corrected chi connectivity index (χ1v) is 6.60. The van der Waals surface area contributed by atoms with Crippen LogP contribution < -0.4 is 16.6 Å². The van der Waals surface area contributed by atoms with Crippen LogP contribution >= 0.6 is 11.6 Å². The fraction of sp³-hybridized carbons (Fsp3) is 0.500. The Hall–Kier alpha value is -1.37. The molecule has 1 heterocycles. The number of likely N-dealkylation sites (N-methyl/N-ethyl adjacent to an activating group) is 1. The molecule has 1 aliphatic rings. The van der Waals surface area contributed by atoms with Gasteiger partial charge in [-0.2, -0.15) is 0 Å². The number of aromatic nitrogens is 1. The number of anilines is 1. The second-order valence-corrected chi connectivity index (χ2v) is 5.06. The minimum Gasteiger partial charge on any atom is -0.351 e. The fourth-order valence-corrected chi connectivity index (χ4v) is 2.06. The summed E-state index contributed by atoms with van der Waals surface area (Å²) >= 11 is 5.81. The van der Waals surface area contributed by atoms with Gasteiger partial charge in [-0.15, -0.1) is 0 Å². The van der Waals surface area contributed by atoms with Crippen LogP contribution in [0.1, 0.15) is 23.2 Å². The maximum absolute atomic E-state index is 11.9. The Kier molecular flexibility index (Phi) is 4.57. The van der Waals surface area contributed by atoms with E-state index < -0.39 is 0 Å². The first-order valence-electron chi connectivity index (χ1n) is 6.23. The Balaban J connectivity index is 1.86. The van der Waals surface area contributed by atoms with Crippen LogP contribution in [0, 0.1) is 0 Å². The Labute approximate surface area is 117 Å². The number of pyridine rings is 1. The first kappa shape index (κ1) is 14.0. The number of nitrogens with zero attached hydrogens (tertiary/aromatic N) is 2. The molecule has 6 nitrogen and oxygen atoms in total. The van der Waals surface area contributed by atoms with Gasteiger partial charge in [0.1, 0.15) is 11.0 Å². The van der Waals surface area contributed by atoms with Gasteiger partial charge in [-0.25, -0.2) is 10.8 Å². The standard InChI is InChI=1S/C12H18ClN5O/c1-18(9-2-3-9)5-4-15-12(19)8-6-10(13)16-11(7-8)17-14/h6-7,9H,2-5,14H2,1H3,(H,15,19)(H,16,17). The van der Waals surface area contributed by atoms with Crippen LogP contribution in [0.5, 0.6) is 0 Å². The Bertz CT molecular complexity index is 463. The van der Waals surface area contributed by atoms with Gasteiger partial charge in [-0.1, -0.05) is 11.6 Å². The van der Waals surface area contributed by atoms with E-state index in [1.165, 1.54) is 18.9 Å².